The van der Waals surface area contributed by atoms with Gasteiger partial charge in [0.05, 0.1) is 6.54 Å². The Labute approximate surface area is 107 Å². The molecule has 0 aliphatic carbocycles. The highest BCUT2D eigenvalue weighted by Gasteiger charge is 2.20. The van der Waals surface area contributed by atoms with Crippen LogP contribution in [0.3, 0.4) is 0 Å². The quantitative estimate of drug-likeness (QED) is 0.739. The van der Waals surface area contributed by atoms with E-state index < -0.39 is 0 Å². The molecule has 1 aliphatic rings. The molecule has 1 aliphatic heterocycles. The Hall–Kier alpha value is -1.50. The third kappa shape index (κ3) is 3.04. The summed E-state index contributed by atoms with van der Waals surface area (Å²) in [6, 6.07) is 0. The normalized spacial score (nSPS) is 17.1. The van der Waals surface area contributed by atoms with Crippen molar-refractivity contribution in [3.63, 3.8) is 0 Å². The van der Waals surface area contributed by atoms with Crippen LogP contribution in [0, 0.1) is 0 Å². The number of piperazine rings is 1. The van der Waals surface area contributed by atoms with E-state index in [-0.39, 0.29) is 5.91 Å². The minimum Gasteiger partial charge on any atom is -0.340 e. The molecule has 0 bridgehead atoms. The van der Waals surface area contributed by atoms with Gasteiger partial charge in [-0.3, -0.25) is 9.69 Å². The lowest BCUT2D eigenvalue weighted by Gasteiger charge is -2.33. The van der Waals surface area contributed by atoms with Crippen molar-refractivity contribution < 1.29 is 4.79 Å². The van der Waals surface area contributed by atoms with Crippen LogP contribution in [0.4, 0.5) is 0 Å². The van der Waals surface area contributed by atoms with E-state index in [1.807, 2.05) is 9.58 Å². The van der Waals surface area contributed by atoms with Crippen LogP contribution >= 0.6 is 0 Å². The lowest BCUT2D eigenvalue weighted by molar-refractivity contribution is -0.130. The van der Waals surface area contributed by atoms with Gasteiger partial charge >= 0.3 is 0 Å². The van der Waals surface area contributed by atoms with Crippen molar-refractivity contribution in [2.24, 2.45) is 0 Å². The van der Waals surface area contributed by atoms with Crippen molar-refractivity contribution in [1.82, 2.24) is 30.0 Å². The summed E-state index contributed by atoms with van der Waals surface area (Å²) < 4.78 is 1.86. The SMILES string of the molecule is CCCn1nnnc1CN1CCN(C(C)=O)CC1. The molecule has 7 nitrogen and oxygen atoms in total. The molecule has 0 radical (unpaired) electrons. The average Bonchev–Trinajstić information content (AvgIpc) is 2.78. The first-order valence-electron chi connectivity index (χ1n) is 6.43. The van der Waals surface area contributed by atoms with Gasteiger partial charge in [-0.1, -0.05) is 6.92 Å². The summed E-state index contributed by atoms with van der Waals surface area (Å²) in [5.41, 5.74) is 0. The molecule has 7 heteroatoms. The van der Waals surface area contributed by atoms with E-state index in [9.17, 15) is 4.79 Å². The van der Waals surface area contributed by atoms with Crippen molar-refractivity contribution in [1.29, 1.82) is 0 Å². The second-order valence-electron chi connectivity index (χ2n) is 4.60. The molecule has 0 atom stereocenters. The fourth-order valence-corrected chi connectivity index (χ4v) is 2.14. The van der Waals surface area contributed by atoms with Crippen LogP contribution in [0.2, 0.25) is 0 Å². The van der Waals surface area contributed by atoms with Crippen molar-refractivity contribution in [2.75, 3.05) is 26.2 Å². The van der Waals surface area contributed by atoms with E-state index in [0.717, 1.165) is 51.5 Å². The maximum Gasteiger partial charge on any atom is 0.219 e. The standard InChI is InChI=1S/C11H20N6O/c1-3-4-17-11(12-13-14-17)9-15-5-7-16(8-6-15)10(2)18/h3-9H2,1-2H3. The number of amides is 1. The van der Waals surface area contributed by atoms with Gasteiger partial charge in [-0.05, 0) is 16.8 Å². The maximum absolute atomic E-state index is 11.2. The Bertz CT molecular complexity index is 396. The van der Waals surface area contributed by atoms with Gasteiger partial charge in [-0.25, -0.2) is 4.68 Å². The van der Waals surface area contributed by atoms with Gasteiger partial charge in [0.15, 0.2) is 5.82 Å². The van der Waals surface area contributed by atoms with E-state index >= 15 is 0 Å². The number of tetrazole rings is 1. The number of aromatic nitrogens is 4. The molecule has 1 fully saturated rings. The Morgan fingerprint density at radius 2 is 2.00 bits per heavy atom. The lowest BCUT2D eigenvalue weighted by atomic mass is 10.3. The lowest BCUT2D eigenvalue weighted by Crippen LogP contribution is -2.47. The zero-order valence-corrected chi connectivity index (χ0v) is 11.0. The van der Waals surface area contributed by atoms with Gasteiger partial charge < -0.3 is 4.90 Å². The fraction of sp³-hybridized carbons (Fsp3) is 0.818. The van der Waals surface area contributed by atoms with E-state index in [4.69, 9.17) is 0 Å². The molecule has 1 saturated heterocycles. The zero-order valence-electron chi connectivity index (χ0n) is 11.0. The number of carbonyl (C=O) groups is 1. The summed E-state index contributed by atoms with van der Waals surface area (Å²) in [4.78, 5) is 15.4. The highest BCUT2D eigenvalue weighted by Crippen LogP contribution is 2.06. The number of hydrogen-bond acceptors (Lipinski definition) is 5. The molecule has 0 saturated carbocycles. The van der Waals surface area contributed by atoms with Gasteiger partial charge in [0, 0.05) is 39.6 Å². The van der Waals surface area contributed by atoms with Crippen LogP contribution < -0.4 is 0 Å². The zero-order chi connectivity index (χ0) is 13.0. The van der Waals surface area contributed by atoms with Gasteiger partial charge in [-0.2, -0.15) is 0 Å². The summed E-state index contributed by atoms with van der Waals surface area (Å²) >= 11 is 0. The summed E-state index contributed by atoms with van der Waals surface area (Å²) in [6.45, 7) is 8.72. The van der Waals surface area contributed by atoms with Crippen molar-refractivity contribution in [3.8, 4) is 0 Å². The number of aryl methyl sites for hydroxylation is 1. The Morgan fingerprint density at radius 3 is 2.61 bits per heavy atom. The van der Waals surface area contributed by atoms with Gasteiger partial charge in [-0.15, -0.1) is 5.10 Å². The number of nitrogens with zero attached hydrogens (tertiary/aromatic N) is 6. The van der Waals surface area contributed by atoms with E-state index in [2.05, 4.69) is 27.3 Å². The van der Waals surface area contributed by atoms with Crippen LogP contribution in [0.5, 0.6) is 0 Å². The van der Waals surface area contributed by atoms with E-state index in [0.29, 0.717) is 0 Å². The molecule has 1 aromatic heterocycles. The summed E-state index contributed by atoms with van der Waals surface area (Å²) in [7, 11) is 0. The van der Waals surface area contributed by atoms with Gasteiger partial charge in [0.25, 0.3) is 0 Å². The Balaban J connectivity index is 1.87. The summed E-state index contributed by atoms with van der Waals surface area (Å²) in [5, 5.41) is 11.8. The van der Waals surface area contributed by atoms with Crippen LogP contribution in [0.1, 0.15) is 26.1 Å². The number of hydrogen-bond donors (Lipinski definition) is 0. The third-order valence-corrected chi connectivity index (χ3v) is 3.22. The fourth-order valence-electron chi connectivity index (χ4n) is 2.14. The molecule has 1 amide bonds. The topological polar surface area (TPSA) is 67.2 Å². The highest BCUT2D eigenvalue weighted by atomic mass is 16.2. The maximum atomic E-state index is 11.2. The Morgan fingerprint density at radius 1 is 1.28 bits per heavy atom. The predicted molar refractivity (Wildman–Crippen MR) is 65.6 cm³/mol. The molecule has 1 aromatic rings. The molecule has 100 valence electrons. The minimum absolute atomic E-state index is 0.158. The van der Waals surface area contributed by atoms with Crippen molar-refractivity contribution >= 4 is 5.91 Å². The molecule has 0 spiro atoms. The minimum atomic E-state index is 0.158. The first kappa shape index (κ1) is 12.9. The molecule has 2 heterocycles. The molecule has 0 N–H and O–H groups in total. The van der Waals surface area contributed by atoms with E-state index in [1.165, 1.54) is 0 Å². The van der Waals surface area contributed by atoms with E-state index in [1.54, 1.807) is 6.92 Å². The largest absolute Gasteiger partial charge is 0.340 e. The number of rotatable bonds is 4. The van der Waals surface area contributed by atoms with Crippen LogP contribution in [-0.2, 0) is 17.9 Å². The first-order valence-corrected chi connectivity index (χ1v) is 6.43. The van der Waals surface area contributed by atoms with Crippen molar-refractivity contribution in [3.05, 3.63) is 5.82 Å². The molecule has 0 aromatic carbocycles. The van der Waals surface area contributed by atoms with Crippen LogP contribution in [-0.4, -0.2) is 62.1 Å². The van der Waals surface area contributed by atoms with Gasteiger partial charge in [0.2, 0.25) is 5.91 Å². The molecular weight excluding hydrogens is 232 g/mol. The van der Waals surface area contributed by atoms with Crippen LogP contribution in [0.15, 0.2) is 0 Å². The monoisotopic (exact) mass is 252 g/mol. The van der Waals surface area contributed by atoms with Crippen molar-refractivity contribution in [2.45, 2.75) is 33.4 Å². The third-order valence-electron chi connectivity index (χ3n) is 3.22. The number of carbonyl (C=O) groups excluding carboxylic acids is 1. The average molecular weight is 252 g/mol. The highest BCUT2D eigenvalue weighted by molar-refractivity contribution is 5.73. The smallest absolute Gasteiger partial charge is 0.219 e. The molecular formula is C11H20N6O. The molecule has 0 unspecified atom stereocenters. The second-order valence-corrected chi connectivity index (χ2v) is 4.60. The van der Waals surface area contributed by atoms with Crippen LogP contribution in [0.25, 0.3) is 0 Å². The Kier molecular flexibility index (Phi) is 4.24. The molecule has 18 heavy (non-hydrogen) atoms. The second kappa shape index (κ2) is 5.90. The molecule has 2 rings (SSSR count). The van der Waals surface area contributed by atoms with Gasteiger partial charge in [0.1, 0.15) is 0 Å². The summed E-state index contributed by atoms with van der Waals surface area (Å²) in [5.74, 6) is 1.07. The predicted octanol–water partition coefficient (Wildman–Crippen LogP) is -0.253. The summed E-state index contributed by atoms with van der Waals surface area (Å²) in [6.07, 6.45) is 1.02. The first-order chi connectivity index (χ1) is 8.70.